The minimum atomic E-state index is -0.311. The fourth-order valence-corrected chi connectivity index (χ4v) is 3.22. The third-order valence-corrected chi connectivity index (χ3v) is 4.67. The molecule has 1 heterocycles. The van der Waals surface area contributed by atoms with Crippen molar-refractivity contribution >= 4 is 17.5 Å². The number of nitrogens with zero attached hydrogens (tertiary/aromatic N) is 3. The van der Waals surface area contributed by atoms with Gasteiger partial charge in [0.25, 0.3) is 5.91 Å². The number of benzene rings is 2. The lowest BCUT2D eigenvalue weighted by molar-refractivity contribution is 0.0746. The average Bonchev–Trinajstić information content (AvgIpc) is 3.14. The number of carbonyl (C=O) groups excluding carboxylic acids is 1. The van der Waals surface area contributed by atoms with Crippen LogP contribution in [0.15, 0.2) is 54.6 Å². The molecule has 2 aromatic carbocycles. The first-order valence-electron chi connectivity index (χ1n) is 9.44. The Morgan fingerprint density at radius 2 is 1.64 bits per heavy atom. The molecule has 0 saturated heterocycles. The molecule has 0 unspecified atom stereocenters. The summed E-state index contributed by atoms with van der Waals surface area (Å²) in [4.78, 5) is 15.1. The second-order valence-electron chi connectivity index (χ2n) is 6.60. The normalized spacial score (nSPS) is 10.9. The molecule has 3 rings (SSSR count). The van der Waals surface area contributed by atoms with Crippen molar-refractivity contribution in [3.8, 4) is 16.9 Å². The average molecular weight is 400 g/mol. The minimum Gasteiger partial charge on any atom is -0.337 e. The van der Waals surface area contributed by atoms with E-state index in [9.17, 15) is 9.18 Å². The Balaban J connectivity index is 2.08. The van der Waals surface area contributed by atoms with E-state index in [2.05, 4.69) is 18.9 Å². The Labute approximate surface area is 169 Å². The Hall–Kier alpha value is -2.66. The Kier molecular flexibility index (Phi) is 6.47. The summed E-state index contributed by atoms with van der Waals surface area (Å²) in [5, 5.41) is 5.25. The molecule has 0 saturated carbocycles. The van der Waals surface area contributed by atoms with Crippen LogP contribution in [-0.2, 0) is 0 Å². The third-order valence-electron chi connectivity index (χ3n) is 4.41. The fourth-order valence-electron chi connectivity index (χ4n) is 3.09. The molecule has 0 radical (unpaired) electrons. The van der Waals surface area contributed by atoms with Crippen LogP contribution in [0.5, 0.6) is 0 Å². The molecule has 0 bridgehead atoms. The number of rotatable bonds is 7. The van der Waals surface area contributed by atoms with Gasteiger partial charge in [0, 0.05) is 23.7 Å². The molecule has 1 aromatic heterocycles. The zero-order chi connectivity index (χ0) is 20.1. The predicted molar refractivity (Wildman–Crippen MR) is 110 cm³/mol. The van der Waals surface area contributed by atoms with Gasteiger partial charge in [0.05, 0.1) is 11.4 Å². The van der Waals surface area contributed by atoms with Crippen LogP contribution in [0.2, 0.25) is 5.02 Å². The van der Waals surface area contributed by atoms with Gasteiger partial charge < -0.3 is 4.90 Å². The molecule has 0 aliphatic heterocycles. The molecular weight excluding hydrogens is 377 g/mol. The number of aromatic nitrogens is 2. The van der Waals surface area contributed by atoms with Gasteiger partial charge in [-0.05, 0) is 67.4 Å². The van der Waals surface area contributed by atoms with Gasteiger partial charge in [-0.15, -0.1) is 0 Å². The molecule has 0 spiro atoms. The van der Waals surface area contributed by atoms with Crippen molar-refractivity contribution in [3.63, 3.8) is 0 Å². The van der Waals surface area contributed by atoms with Gasteiger partial charge in [0.2, 0.25) is 0 Å². The van der Waals surface area contributed by atoms with Crippen LogP contribution in [0, 0.1) is 5.82 Å². The highest BCUT2D eigenvalue weighted by Gasteiger charge is 2.22. The number of hydrogen-bond acceptors (Lipinski definition) is 2. The Bertz CT molecular complexity index is 929. The van der Waals surface area contributed by atoms with Crippen molar-refractivity contribution in [2.75, 3.05) is 13.1 Å². The fraction of sp³-hybridized carbons (Fsp3) is 0.273. The molecule has 1 amide bonds. The lowest BCUT2D eigenvalue weighted by atomic mass is 10.1. The minimum absolute atomic E-state index is 0.0699. The van der Waals surface area contributed by atoms with Crippen molar-refractivity contribution in [1.82, 2.24) is 14.7 Å². The van der Waals surface area contributed by atoms with Gasteiger partial charge in [-0.3, -0.25) is 4.79 Å². The van der Waals surface area contributed by atoms with E-state index in [1.54, 1.807) is 35.0 Å². The van der Waals surface area contributed by atoms with Gasteiger partial charge in [-0.25, -0.2) is 9.07 Å². The number of carbonyl (C=O) groups is 1. The summed E-state index contributed by atoms with van der Waals surface area (Å²) in [5.41, 5.74) is 2.59. The van der Waals surface area contributed by atoms with Crippen LogP contribution >= 0.6 is 11.6 Å². The molecule has 0 atom stereocenters. The first kappa shape index (κ1) is 20.1. The molecule has 0 aliphatic rings. The van der Waals surface area contributed by atoms with E-state index in [1.165, 1.54) is 12.1 Å². The molecule has 0 fully saturated rings. The Morgan fingerprint density at radius 3 is 2.21 bits per heavy atom. The summed E-state index contributed by atoms with van der Waals surface area (Å²) in [6, 6.07) is 15.0. The van der Waals surface area contributed by atoms with Gasteiger partial charge in [-0.2, -0.15) is 5.10 Å². The van der Waals surface area contributed by atoms with Gasteiger partial charge in [0.1, 0.15) is 11.5 Å². The van der Waals surface area contributed by atoms with Crippen molar-refractivity contribution in [3.05, 3.63) is 71.1 Å². The van der Waals surface area contributed by atoms with Crippen molar-refractivity contribution in [2.24, 2.45) is 0 Å². The van der Waals surface area contributed by atoms with E-state index < -0.39 is 0 Å². The number of amides is 1. The second kappa shape index (κ2) is 9.02. The topological polar surface area (TPSA) is 38.1 Å². The molecule has 3 aromatic rings. The van der Waals surface area contributed by atoms with Crippen LogP contribution in [0.3, 0.4) is 0 Å². The van der Waals surface area contributed by atoms with Crippen LogP contribution in [-0.4, -0.2) is 33.7 Å². The maximum atomic E-state index is 13.3. The monoisotopic (exact) mass is 399 g/mol. The molecule has 146 valence electrons. The zero-order valence-corrected chi connectivity index (χ0v) is 16.8. The summed E-state index contributed by atoms with van der Waals surface area (Å²) in [7, 11) is 0. The van der Waals surface area contributed by atoms with E-state index in [1.807, 2.05) is 17.0 Å². The van der Waals surface area contributed by atoms with Gasteiger partial charge in [-0.1, -0.05) is 25.4 Å². The highest BCUT2D eigenvalue weighted by Crippen LogP contribution is 2.24. The lowest BCUT2D eigenvalue weighted by Gasteiger charge is -2.21. The summed E-state index contributed by atoms with van der Waals surface area (Å²) in [5.74, 6) is -0.381. The maximum absolute atomic E-state index is 13.3. The van der Waals surface area contributed by atoms with Crippen LogP contribution < -0.4 is 0 Å². The molecule has 4 nitrogen and oxygen atoms in total. The largest absolute Gasteiger partial charge is 0.337 e. The van der Waals surface area contributed by atoms with Crippen molar-refractivity contribution in [1.29, 1.82) is 0 Å². The summed E-state index contributed by atoms with van der Waals surface area (Å²) in [6.45, 7) is 5.47. The highest BCUT2D eigenvalue weighted by atomic mass is 35.5. The summed E-state index contributed by atoms with van der Waals surface area (Å²) in [6.07, 6.45) is 1.76. The molecule has 0 N–H and O–H groups in total. The van der Waals surface area contributed by atoms with E-state index >= 15 is 0 Å². The maximum Gasteiger partial charge on any atom is 0.272 e. The van der Waals surface area contributed by atoms with Crippen LogP contribution in [0.4, 0.5) is 4.39 Å². The zero-order valence-electron chi connectivity index (χ0n) is 16.0. The van der Waals surface area contributed by atoms with Crippen molar-refractivity contribution in [2.45, 2.75) is 26.7 Å². The molecule has 0 aliphatic carbocycles. The Morgan fingerprint density at radius 1 is 1.04 bits per heavy atom. The molecule has 6 heteroatoms. The highest BCUT2D eigenvalue weighted by molar-refractivity contribution is 6.30. The SMILES string of the molecule is CCCN(CCC)C(=O)c1cc(-c2ccc(F)cc2)nn1-c1ccc(Cl)cc1. The van der Waals surface area contributed by atoms with Crippen LogP contribution in [0.25, 0.3) is 16.9 Å². The summed E-state index contributed by atoms with van der Waals surface area (Å²) >= 11 is 6.01. The van der Waals surface area contributed by atoms with E-state index in [0.717, 1.165) is 24.1 Å². The quantitative estimate of drug-likeness (QED) is 0.519. The first-order chi connectivity index (χ1) is 13.5. The van der Waals surface area contributed by atoms with Crippen LogP contribution in [0.1, 0.15) is 37.2 Å². The van der Waals surface area contributed by atoms with Gasteiger partial charge >= 0.3 is 0 Å². The van der Waals surface area contributed by atoms with E-state index in [4.69, 9.17) is 11.6 Å². The third kappa shape index (κ3) is 4.42. The number of halogens is 2. The second-order valence-corrected chi connectivity index (χ2v) is 7.04. The van der Waals surface area contributed by atoms with Crippen molar-refractivity contribution < 1.29 is 9.18 Å². The van der Waals surface area contributed by atoms with Gasteiger partial charge in [0.15, 0.2) is 0 Å². The predicted octanol–water partition coefficient (Wildman–Crippen LogP) is 5.59. The molecule has 28 heavy (non-hydrogen) atoms. The standard InChI is InChI=1S/C22H23ClFN3O/c1-3-13-26(14-4-2)22(28)21-15-20(16-5-9-18(24)10-6-16)25-27(21)19-11-7-17(23)8-12-19/h5-12,15H,3-4,13-14H2,1-2H3. The lowest BCUT2D eigenvalue weighted by Crippen LogP contribution is -2.33. The smallest absolute Gasteiger partial charge is 0.272 e. The number of hydrogen-bond donors (Lipinski definition) is 0. The summed E-state index contributed by atoms with van der Waals surface area (Å²) < 4.78 is 14.9. The van der Waals surface area contributed by atoms with E-state index in [0.29, 0.717) is 29.5 Å². The molecular formula is C22H23ClFN3O. The van der Waals surface area contributed by atoms with E-state index in [-0.39, 0.29) is 11.7 Å². The first-order valence-corrected chi connectivity index (χ1v) is 9.82.